The Bertz CT molecular complexity index is 568. The summed E-state index contributed by atoms with van der Waals surface area (Å²) in [6, 6.07) is 17.2. The lowest BCUT2D eigenvalue weighted by Crippen LogP contribution is -2.18. The summed E-state index contributed by atoms with van der Waals surface area (Å²) in [6.07, 6.45) is 1.98. The number of rotatable bonds is 5. The molecule has 0 fully saturated rings. The molecular formula is C17H18ClNO. The van der Waals surface area contributed by atoms with E-state index in [4.69, 9.17) is 11.6 Å². The molecule has 2 nitrogen and oxygen atoms in total. The molecule has 2 aromatic rings. The van der Waals surface area contributed by atoms with Crippen molar-refractivity contribution in [2.75, 3.05) is 5.32 Å². The first kappa shape index (κ1) is 14.6. The summed E-state index contributed by atoms with van der Waals surface area (Å²) in [5, 5.41) is 2.25. The Morgan fingerprint density at radius 3 is 2.45 bits per heavy atom. The van der Waals surface area contributed by atoms with Crippen LogP contribution in [0.2, 0.25) is 0 Å². The van der Waals surface area contributed by atoms with Crippen molar-refractivity contribution in [3.63, 3.8) is 0 Å². The third-order valence-electron chi connectivity index (χ3n) is 3.12. The van der Waals surface area contributed by atoms with Crippen LogP contribution in [0.25, 0.3) is 0 Å². The number of halogens is 1. The van der Waals surface area contributed by atoms with Gasteiger partial charge in [0.2, 0.25) is 5.91 Å². The Labute approximate surface area is 124 Å². The lowest BCUT2D eigenvalue weighted by atomic mass is 10.1. The van der Waals surface area contributed by atoms with Gasteiger partial charge in [0.25, 0.3) is 0 Å². The molecular weight excluding hydrogens is 270 g/mol. The molecule has 0 radical (unpaired) electrons. The van der Waals surface area contributed by atoms with Gasteiger partial charge in [0, 0.05) is 5.69 Å². The molecule has 0 aliphatic heterocycles. The van der Waals surface area contributed by atoms with E-state index >= 15 is 0 Å². The Hall–Kier alpha value is -1.80. The molecule has 0 saturated carbocycles. The minimum absolute atomic E-state index is 0.193. The van der Waals surface area contributed by atoms with Gasteiger partial charge in [-0.25, -0.2) is 0 Å². The minimum Gasteiger partial charge on any atom is -0.324 e. The number of hydrogen-bond acceptors (Lipinski definition) is 1. The van der Waals surface area contributed by atoms with Crippen molar-refractivity contribution in [1.29, 1.82) is 0 Å². The molecule has 0 heterocycles. The van der Waals surface area contributed by atoms with Gasteiger partial charge in [-0.05, 0) is 23.6 Å². The normalized spacial score (nSPS) is 11.9. The first-order valence-electron chi connectivity index (χ1n) is 6.80. The van der Waals surface area contributed by atoms with E-state index < -0.39 is 5.38 Å². The van der Waals surface area contributed by atoms with Gasteiger partial charge in [-0.1, -0.05) is 61.9 Å². The molecule has 1 N–H and O–H groups in total. The van der Waals surface area contributed by atoms with Crippen LogP contribution in [0.3, 0.4) is 0 Å². The molecule has 2 rings (SSSR count). The Balaban J connectivity index is 2.12. The second-order valence-corrected chi connectivity index (χ2v) is 5.11. The molecule has 3 heteroatoms. The first-order chi connectivity index (χ1) is 9.72. The quantitative estimate of drug-likeness (QED) is 0.803. The number of carbonyl (C=O) groups excluding carboxylic acids is 1. The van der Waals surface area contributed by atoms with Crippen molar-refractivity contribution in [3.05, 3.63) is 65.7 Å². The Morgan fingerprint density at radius 2 is 1.75 bits per heavy atom. The monoisotopic (exact) mass is 287 g/mol. The highest BCUT2D eigenvalue weighted by Gasteiger charge is 2.18. The van der Waals surface area contributed by atoms with Crippen LogP contribution in [-0.4, -0.2) is 5.91 Å². The summed E-state index contributed by atoms with van der Waals surface area (Å²) in [5.74, 6) is -0.193. The number of amides is 1. The Morgan fingerprint density at radius 1 is 1.10 bits per heavy atom. The van der Waals surface area contributed by atoms with Crippen molar-refractivity contribution in [1.82, 2.24) is 0 Å². The van der Waals surface area contributed by atoms with Crippen molar-refractivity contribution in [2.45, 2.75) is 25.1 Å². The molecule has 0 aliphatic carbocycles. The fraction of sp³-hybridized carbons (Fsp3) is 0.235. The number of alkyl halides is 1. The zero-order valence-electron chi connectivity index (χ0n) is 11.5. The number of aryl methyl sites for hydroxylation is 1. The number of hydrogen-bond donors (Lipinski definition) is 1. The summed E-state index contributed by atoms with van der Waals surface area (Å²) >= 11 is 6.22. The van der Waals surface area contributed by atoms with Gasteiger partial charge in [-0.3, -0.25) is 4.79 Å². The highest BCUT2D eigenvalue weighted by Crippen LogP contribution is 2.24. The number of nitrogens with one attached hydrogen (secondary N) is 1. The van der Waals surface area contributed by atoms with E-state index in [-0.39, 0.29) is 5.91 Å². The number of benzene rings is 2. The third-order valence-corrected chi connectivity index (χ3v) is 3.57. The lowest BCUT2D eigenvalue weighted by molar-refractivity contribution is -0.116. The van der Waals surface area contributed by atoms with Crippen LogP contribution in [0.5, 0.6) is 0 Å². The molecule has 104 valence electrons. The van der Waals surface area contributed by atoms with Gasteiger partial charge in [0.15, 0.2) is 0 Å². The van der Waals surface area contributed by atoms with E-state index in [1.165, 1.54) is 0 Å². The van der Waals surface area contributed by atoms with E-state index in [0.29, 0.717) is 0 Å². The van der Waals surface area contributed by atoms with Crippen molar-refractivity contribution < 1.29 is 4.79 Å². The summed E-state index contributed by atoms with van der Waals surface area (Å²) < 4.78 is 0. The average Bonchev–Trinajstić information content (AvgIpc) is 2.49. The van der Waals surface area contributed by atoms with Crippen LogP contribution in [0.4, 0.5) is 5.69 Å². The van der Waals surface area contributed by atoms with Crippen molar-refractivity contribution in [3.8, 4) is 0 Å². The van der Waals surface area contributed by atoms with E-state index in [2.05, 4.69) is 12.2 Å². The summed E-state index contributed by atoms with van der Waals surface area (Å²) in [4.78, 5) is 12.2. The molecule has 0 aromatic heterocycles. The van der Waals surface area contributed by atoms with Crippen LogP contribution in [0.1, 0.15) is 29.8 Å². The second-order valence-electron chi connectivity index (χ2n) is 4.67. The molecule has 1 unspecified atom stereocenters. The molecule has 0 saturated heterocycles. The van der Waals surface area contributed by atoms with E-state index in [9.17, 15) is 4.79 Å². The topological polar surface area (TPSA) is 29.1 Å². The van der Waals surface area contributed by atoms with Crippen LogP contribution in [0.15, 0.2) is 54.6 Å². The maximum absolute atomic E-state index is 12.2. The lowest BCUT2D eigenvalue weighted by Gasteiger charge is -2.13. The SMILES string of the molecule is CCCc1ccccc1NC(=O)C(Cl)c1ccccc1. The molecule has 1 amide bonds. The molecule has 0 spiro atoms. The number of carbonyl (C=O) groups is 1. The largest absolute Gasteiger partial charge is 0.324 e. The summed E-state index contributed by atoms with van der Waals surface area (Å²) in [6.45, 7) is 2.12. The van der Waals surface area contributed by atoms with Gasteiger partial charge in [-0.2, -0.15) is 0 Å². The number of anilines is 1. The van der Waals surface area contributed by atoms with Crippen LogP contribution >= 0.6 is 11.6 Å². The van der Waals surface area contributed by atoms with Gasteiger partial charge < -0.3 is 5.32 Å². The van der Waals surface area contributed by atoms with E-state index in [1.54, 1.807) is 0 Å². The van der Waals surface area contributed by atoms with Gasteiger partial charge in [0.1, 0.15) is 5.38 Å². The number of para-hydroxylation sites is 1. The van der Waals surface area contributed by atoms with Gasteiger partial charge in [0.05, 0.1) is 0 Å². The minimum atomic E-state index is -0.675. The van der Waals surface area contributed by atoms with Crippen LogP contribution in [-0.2, 0) is 11.2 Å². The highest BCUT2D eigenvalue weighted by molar-refractivity contribution is 6.32. The smallest absolute Gasteiger partial charge is 0.246 e. The molecule has 1 atom stereocenters. The molecule has 0 aliphatic rings. The maximum Gasteiger partial charge on any atom is 0.246 e. The fourth-order valence-corrected chi connectivity index (χ4v) is 2.30. The van der Waals surface area contributed by atoms with E-state index in [0.717, 1.165) is 29.7 Å². The van der Waals surface area contributed by atoms with Crippen LogP contribution in [0, 0.1) is 0 Å². The van der Waals surface area contributed by atoms with Crippen molar-refractivity contribution >= 4 is 23.2 Å². The predicted molar refractivity (Wildman–Crippen MR) is 84.1 cm³/mol. The zero-order chi connectivity index (χ0) is 14.4. The fourth-order valence-electron chi connectivity index (χ4n) is 2.10. The Kier molecular flexibility index (Phi) is 5.19. The first-order valence-corrected chi connectivity index (χ1v) is 7.23. The van der Waals surface area contributed by atoms with E-state index in [1.807, 2.05) is 54.6 Å². The highest BCUT2D eigenvalue weighted by atomic mass is 35.5. The molecule has 20 heavy (non-hydrogen) atoms. The predicted octanol–water partition coefficient (Wildman–Crippen LogP) is 4.56. The van der Waals surface area contributed by atoms with Crippen molar-refractivity contribution in [2.24, 2.45) is 0 Å². The molecule has 2 aromatic carbocycles. The van der Waals surface area contributed by atoms with Crippen LogP contribution < -0.4 is 5.32 Å². The zero-order valence-corrected chi connectivity index (χ0v) is 12.2. The molecule has 0 bridgehead atoms. The maximum atomic E-state index is 12.2. The summed E-state index contributed by atoms with van der Waals surface area (Å²) in [7, 11) is 0. The third kappa shape index (κ3) is 3.61. The van der Waals surface area contributed by atoms with Gasteiger partial charge in [-0.15, -0.1) is 11.6 Å². The van der Waals surface area contributed by atoms with Gasteiger partial charge >= 0.3 is 0 Å². The second kappa shape index (κ2) is 7.11. The summed E-state index contributed by atoms with van der Waals surface area (Å²) in [5.41, 5.74) is 2.79. The average molecular weight is 288 g/mol. The standard InChI is InChI=1S/C17H18ClNO/c1-2-8-13-9-6-7-12-15(13)19-17(20)16(18)14-10-4-3-5-11-14/h3-7,9-12,16H,2,8H2,1H3,(H,19,20).